The number of imidazole rings is 1. The fourth-order valence-corrected chi connectivity index (χ4v) is 2.61. The zero-order chi connectivity index (χ0) is 15.8. The molecule has 0 N–H and O–H groups in total. The third kappa shape index (κ3) is 2.36. The molecule has 0 radical (unpaired) electrons. The van der Waals surface area contributed by atoms with Gasteiger partial charge in [0.15, 0.2) is 0 Å². The first-order valence-electron chi connectivity index (χ1n) is 7.23. The van der Waals surface area contributed by atoms with Gasteiger partial charge in [-0.3, -0.25) is 9.97 Å². The predicted octanol–water partition coefficient (Wildman–Crippen LogP) is 3.91. The standard InChI is InChI=1S/C18H13FN4/c1-12-10-22-16-7-4-14(11-23(12)16)18-17(20-8-9-21-18)13-2-5-15(19)6-3-13/h2-11H,1H3. The van der Waals surface area contributed by atoms with Crippen LogP contribution in [-0.4, -0.2) is 19.4 Å². The number of benzene rings is 1. The van der Waals surface area contributed by atoms with Crippen molar-refractivity contribution in [1.29, 1.82) is 0 Å². The molecule has 0 aliphatic heterocycles. The molecule has 0 saturated carbocycles. The molecule has 23 heavy (non-hydrogen) atoms. The van der Waals surface area contributed by atoms with E-state index in [-0.39, 0.29) is 5.82 Å². The summed E-state index contributed by atoms with van der Waals surface area (Å²) in [5.41, 5.74) is 5.19. The number of aryl methyl sites for hydroxylation is 1. The number of pyridine rings is 1. The van der Waals surface area contributed by atoms with Crippen molar-refractivity contribution in [2.45, 2.75) is 6.92 Å². The van der Waals surface area contributed by atoms with Crippen molar-refractivity contribution < 1.29 is 4.39 Å². The van der Waals surface area contributed by atoms with Crippen molar-refractivity contribution in [1.82, 2.24) is 19.4 Å². The van der Waals surface area contributed by atoms with Crippen molar-refractivity contribution in [3.63, 3.8) is 0 Å². The number of nitrogens with zero attached hydrogens (tertiary/aromatic N) is 4. The van der Waals surface area contributed by atoms with Crippen LogP contribution in [0.3, 0.4) is 0 Å². The number of hydrogen-bond donors (Lipinski definition) is 0. The number of rotatable bonds is 2. The second-order valence-electron chi connectivity index (χ2n) is 5.31. The first-order valence-corrected chi connectivity index (χ1v) is 7.23. The summed E-state index contributed by atoms with van der Waals surface area (Å²) in [6.07, 6.45) is 7.13. The topological polar surface area (TPSA) is 43.1 Å². The summed E-state index contributed by atoms with van der Waals surface area (Å²) in [5, 5.41) is 0. The van der Waals surface area contributed by atoms with Crippen LogP contribution in [0.5, 0.6) is 0 Å². The van der Waals surface area contributed by atoms with Crippen LogP contribution in [0, 0.1) is 12.7 Å². The molecule has 1 aromatic carbocycles. The Labute approximate surface area is 132 Å². The van der Waals surface area contributed by atoms with E-state index in [1.54, 1.807) is 24.5 Å². The number of fused-ring (bicyclic) bond motifs is 1. The maximum atomic E-state index is 13.2. The van der Waals surface area contributed by atoms with Crippen molar-refractivity contribution in [2.75, 3.05) is 0 Å². The zero-order valence-corrected chi connectivity index (χ0v) is 12.4. The van der Waals surface area contributed by atoms with Crippen LogP contribution in [0.2, 0.25) is 0 Å². The molecule has 4 rings (SSSR count). The molecule has 0 fully saturated rings. The van der Waals surface area contributed by atoms with E-state index in [9.17, 15) is 4.39 Å². The van der Waals surface area contributed by atoms with E-state index >= 15 is 0 Å². The Bertz CT molecular complexity index is 990. The van der Waals surface area contributed by atoms with Crippen LogP contribution >= 0.6 is 0 Å². The van der Waals surface area contributed by atoms with Gasteiger partial charge in [0.1, 0.15) is 11.5 Å². The molecule has 3 aromatic heterocycles. The summed E-state index contributed by atoms with van der Waals surface area (Å²) >= 11 is 0. The second kappa shape index (κ2) is 5.28. The van der Waals surface area contributed by atoms with Crippen molar-refractivity contribution >= 4 is 5.65 Å². The summed E-state index contributed by atoms with van der Waals surface area (Å²) in [4.78, 5) is 13.2. The minimum atomic E-state index is -0.269. The van der Waals surface area contributed by atoms with Crippen LogP contribution in [-0.2, 0) is 0 Å². The second-order valence-corrected chi connectivity index (χ2v) is 5.31. The van der Waals surface area contributed by atoms with Gasteiger partial charge in [0.25, 0.3) is 0 Å². The van der Waals surface area contributed by atoms with E-state index in [0.29, 0.717) is 0 Å². The first kappa shape index (κ1) is 13.6. The molecule has 4 aromatic rings. The fraction of sp³-hybridized carbons (Fsp3) is 0.0556. The van der Waals surface area contributed by atoms with E-state index < -0.39 is 0 Å². The van der Waals surface area contributed by atoms with E-state index in [0.717, 1.165) is 33.9 Å². The molecule has 0 amide bonds. The molecule has 4 nitrogen and oxygen atoms in total. The van der Waals surface area contributed by atoms with Gasteiger partial charge in [-0.2, -0.15) is 0 Å². The smallest absolute Gasteiger partial charge is 0.136 e. The molecule has 0 bridgehead atoms. The van der Waals surface area contributed by atoms with Gasteiger partial charge in [0, 0.05) is 41.6 Å². The molecular formula is C18H13FN4. The SMILES string of the molecule is Cc1cnc2ccc(-c3nccnc3-c3ccc(F)cc3)cn12. The maximum Gasteiger partial charge on any atom is 0.136 e. The molecule has 112 valence electrons. The van der Waals surface area contributed by atoms with Crippen molar-refractivity contribution in [3.05, 3.63) is 72.7 Å². The molecule has 0 aliphatic carbocycles. The predicted molar refractivity (Wildman–Crippen MR) is 86.3 cm³/mol. The van der Waals surface area contributed by atoms with Gasteiger partial charge in [-0.25, -0.2) is 9.37 Å². The molecule has 0 unspecified atom stereocenters. The average molecular weight is 304 g/mol. The molecule has 0 atom stereocenters. The lowest BCUT2D eigenvalue weighted by Crippen LogP contribution is -1.95. The van der Waals surface area contributed by atoms with Crippen LogP contribution < -0.4 is 0 Å². The Hall–Kier alpha value is -3.08. The summed E-state index contributed by atoms with van der Waals surface area (Å²) in [6.45, 7) is 2.00. The number of hydrogen-bond acceptors (Lipinski definition) is 3. The Morgan fingerprint density at radius 2 is 1.48 bits per heavy atom. The third-order valence-corrected chi connectivity index (χ3v) is 3.78. The van der Waals surface area contributed by atoms with Crippen molar-refractivity contribution in [2.24, 2.45) is 0 Å². The highest BCUT2D eigenvalue weighted by Crippen LogP contribution is 2.28. The number of aromatic nitrogens is 4. The van der Waals surface area contributed by atoms with Gasteiger partial charge >= 0.3 is 0 Å². The molecule has 3 heterocycles. The van der Waals surface area contributed by atoms with Crippen LogP contribution in [0.25, 0.3) is 28.2 Å². The highest BCUT2D eigenvalue weighted by atomic mass is 19.1. The first-order chi connectivity index (χ1) is 11.2. The fourth-order valence-electron chi connectivity index (χ4n) is 2.61. The van der Waals surface area contributed by atoms with Gasteiger partial charge in [0.2, 0.25) is 0 Å². The normalized spacial score (nSPS) is 11.0. The number of halogens is 1. The van der Waals surface area contributed by atoms with E-state index in [4.69, 9.17) is 0 Å². The Morgan fingerprint density at radius 3 is 2.22 bits per heavy atom. The maximum absolute atomic E-state index is 13.2. The third-order valence-electron chi connectivity index (χ3n) is 3.78. The minimum Gasteiger partial charge on any atom is -0.304 e. The van der Waals surface area contributed by atoms with E-state index in [2.05, 4.69) is 15.0 Å². The highest BCUT2D eigenvalue weighted by molar-refractivity contribution is 5.77. The molecule has 5 heteroatoms. The zero-order valence-electron chi connectivity index (χ0n) is 12.4. The largest absolute Gasteiger partial charge is 0.304 e. The van der Waals surface area contributed by atoms with Gasteiger partial charge in [-0.1, -0.05) is 0 Å². The molecule has 0 saturated heterocycles. The van der Waals surface area contributed by atoms with E-state index in [1.165, 1.54) is 12.1 Å². The minimum absolute atomic E-state index is 0.269. The van der Waals surface area contributed by atoms with Gasteiger partial charge < -0.3 is 4.40 Å². The average Bonchev–Trinajstić information content (AvgIpc) is 2.96. The Kier molecular flexibility index (Phi) is 3.12. The van der Waals surface area contributed by atoms with E-state index in [1.807, 2.05) is 35.9 Å². The lowest BCUT2D eigenvalue weighted by molar-refractivity contribution is 0.628. The van der Waals surface area contributed by atoms with Crippen LogP contribution in [0.4, 0.5) is 4.39 Å². The molecule has 0 spiro atoms. The highest BCUT2D eigenvalue weighted by Gasteiger charge is 2.11. The summed E-state index contributed by atoms with van der Waals surface area (Å²) in [5.74, 6) is -0.269. The van der Waals surface area contributed by atoms with Crippen LogP contribution in [0.15, 0.2) is 61.2 Å². The van der Waals surface area contributed by atoms with Gasteiger partial charge in [-0.15, -0.1) is 0 Å². The lowest BCUT2D eigenvalue weighted by Gasteiger charge is -2.08. The Morgan fingerprint density at radius 1 is 0.826 bits per heavy atom. The molecular weight excluding hydrogens is 291 g/mol. The quantitative estimate of drug-likeness (QED) is 0.564. The molecule has 0 aliphatic rings. The van der Waals surface area contributed by atoms with Crippen LogP contribution in [0.1, 0.15) is 5.69 Å². The Balaban J connectivity index is 1.90. The van der Waals surface area contributed by atoms with Gasteiger partial charge in [0.05, 0.1) is 11.4 Å². The summed E-state index contributed by atoms with van der Waals surface area (Å²) < 4.78 is 15.2. The van der Waals surface area contributed by atoms with Gasteiger partial charge in [-0.05, 0) is 43.3 Å². The van der Waals surface area contributed by atoms with Crippen molar-refractivity contribution in [3.8, 4) is 22.5 Å². The lowest BCUT2D eigenvalue weighted by atomic mass is 10.1. The monoisotopic (exact) mass is 304 g/mol. The summed E-state index contributed by atoms with van der Waals surface area (Å²) in [6, 6.07) is 10.2. The summed E-state index contributed by atoms with van der Waals surface area (Å²) in [7, 11) is 0.